The molecule has 0 saturated heterocycles. The summed E-state index contributed by atoms with van der Waals surface area (Å²) in [4.78, 5) is 10.6. The predicted octanol–water partition coefficient (Wildman–Crippen LogP) is 3.98. The Morgan fingerprint density at radius 3 is 2.75 bits per heavy atom. The van der Waals surface area contributed by atoms with Gasteiger partial charge in [-0.3, -0.25) is 10.1 Å². The quantitative estimate of drug-likeness (QED) is 0.653. The maximum atomic E-state index is 11.0. The third-order valence-corrected chi connectivity index (χ3v) is 3.75. The monoisotopic (exact) mass is 278 g/mol. The number of anilines is 1. The summed E-state index contributed by atoms with van der Waals surface area (Å²) >= 11 is 0. The first-order valence-electron chi connectivity index (χ1n) is 7.08. The number of ether oxygens (including phenoxy) is 1. The van der Waals surface area contributed by atoms with Crippen LogP contribution in [0.25, 0.3) is 0 Å². The van der Waals surface area contributed by atoms with Crippen molar-refractivity contribution in [3.05, 3.63) is 28.3 Å². The van der Waals surface area contributed by atoms with Crippen molar-refractivity contribution in [2.24, 2.45) is 5.41 Å². The molecule has 0 aromatic heterocycles. The molecule has 1 fully saturated rings. The highest BCUT2D eigenvalue weighted by Crippen LogP contribution is 2.39. The Labute approximate surface area is 119 Å². The van der Waals surface area contributed by atoms with Crippen LogP contribution in [-0.4, -0.2) is 17.6 Å². The van der Waals surface area contributed by atoms with Crippen molar-refractivity contribution in [3.8, 4) is 5.75 Å². The minimum Gasteiger partial charge on any atom is -0.494 e. The molecule has 20 heavy (non-hydrogen) atoms. The maximum Gasteiger partial charge on any atom is 0.275 e. The van der Waals surface area contributed by atoms with E-state index in [2.05, 4.69) is 19.2 Å². The zero-order valence-corrected chi connectivity index (χ0v) is 12.3. The van der Waals surface area contributed by atoms with Crippen LogP contribution < -0.4 is 10.1 Å². The fourth-order valence-corrected chi connectivity index (χ4v) is 2.82. The average Bonchev–Trinajstić information content (AvgIpc) is 2.68. The van der Waals surface area contributed by atoms with Crippen molar-refractivity contribution in [2.45, 2.75) is 46.1 Å². The zero-order valence-electron chi connectivity index (χ0n) is 12.3. The number of nitro benzene ring substituents is 1. The second-order valence-corrected chi connectivity index (χ2v) is 6.15. The van der Waals surface area contributed by atoms with Crippen LogP contribution in [0.15, 0.2) is 18.2 Å². The molecule has 1 aromatic carbocycles. The molecule has 1 aliphatic rings. The first kappa shape index (κ1) is 14.6. The molecule has 0 spiro atoms. The van der Waals surface area contributed by atoms with Crippen molar-refractivity contribution in [2.75, 3.05) is 11.9 Å². The SMILES string of the molecule is CCOc1cc(NC2CCC(C)(C)C2)cc([N+](=O)[O-])c1. The van der Waals surface area contributed by atoms with Crippen LogP contribution in [0.1, 0.15) is 40.0 Å². The largest absolute Gasteiger partial charge is 0.494 e. The number of benzene rings is 1. The number of nitrogens with one attached hydrogen (secondary N) is 1. The van der Waals surface area contributed by atoms with E-state index in [0.717, 1.165) is 18.5 Å². The van der Waals surface area contributed by atoms with Gasteiger partial charge in [-0.15, -0.1) is 0 Å². The Bertz CT molecular complexity index is 500. The first-order chi connectivity index (χ1) is 9.39. The summed E-state index contributed by atoms with van der Waals surface area (Å²) in [5.41, 5.74) is 1.18. The Kier molecular flexibility index (Phi) is 4.16. The molecule has 1 atom stereocenters. The number of hydrogen-bond acceptors (Lipinski definition) is 4. The van der Waals surface area contributed by atoms with Crippen LogP contribution in [0.5, 0.6) is 5.75 Å². The molecule has 1 N–H and O–H groups in total. The van der Waals surface area contributed by atoms with Gasteiger partial charge in [-0.1, -0.05) is 13.8 Å². The number of non-ortho nitro benzene ring substituents is 1. The molecule has 0 heterocycles. The number of rotatable bonds is 5. The van der Waals surface area contributed by atoms with E-state index in [0.29, 0.717) is 23.8 Å². The highest BCUT2D eigenvalue weighted by molar-refractivity contribution is 5.57. The van der Waals surface area contributed by atoms with E-state index < -0.39 is 0 Å². The summed E-state index contributed by atoms with van der Waals surface area (Å²) in [6.45, 7) is 6.88. The van der Waals surface area contributed by atoms with Crippen molar-refractivity contribution >= 4 is 11.4 Å². The fraction of sp³-hybridized carbons (Fsp3) is 0.600. The molecule has 0 bridgehead atoms. The lowest BCUT2D eigenvalue weighted by molar-refractivity contribution is -0.384. The second-order valence-electron chi connectivity index (χ2n) is 6.15. The van der Waals surface area contributed by atoms with E-state index in [-0.39, 0.29) is 10.6 Å². The second kappa shape index (κ2) is 5.69. The van der Waals surface area contributed by atoms with E-state index in [9.17, 15) is 10.1 Å². The third-order valence-electron chi connectivity index (χ3n) is 3.75. The van der Waals surface area contributed by atoms with Crippen LogP contribution in [-0.2, 0) is 0 Å². The lowest BCUT2D eigenvalue weighted by Crippen LogP contribution is -2.17. The van der Waals surface area contributed by atoms with E-state index in [1.54, 1.807) is 6.07 Å². The van der Waals surface area contributed by atoms with Gasteiger partial charge in [-0.25, -0.2) is 0 Å². The number of hydrogen-bond donors (Lipinski definition) is 1. The van der Waals surface area contributed by atoms with E-state index in [1.165, 1.54) is 12.5 Å². The average molecular weight is 278 g/mol. The lowest BCUT2D eigenvalue weighted by Gasteiger charge is -2.19. The fourth-order valence-electron chi connectivity index (χ4n) is 2.82. The normalized spacial score (nSPS) is 20.6. The lowest BCUT2D eigenvalue weighted by atomic mass is 9.92. The Balaban J connectivity index is 2.16. The molecule has 5 heteroatoms. The number of nitro groups is 1. The van der Waals surface area contributed by atoms with Gasteiger partial charge >= 0.3 is 0 Å². The van der Waals surface area contributed by atoms with Crippen LogP contribution in [0, 0.1) is 15.5 Å². The molecule has 1 unspecified atom stereocenters. The van der Waals surface area contributed by atoms with Crippen LogP contribution >= 0.6 is 0 Å². The third kappa shape index (κ3) is 3.62. The standard InChI is InChI=1S/C15H22N2O3/c1-4-20-14-8-12(7-13(9-14)17(18)19)16-11-5-6-15(2,3)10-11/h7-9,11,16H,4-6,10H2,1-3H3. The van der Waals surface area contributed by atoms with Crippen LogP contribution in [0.3, 0.4) is 0 Å². The Morgan fingerprint density at radius 2 is 2.20 bits per heavy atom. The highest BCUT2D eigenvalue weighted by Gasteiger charge is 2.30. The maximum absolute atomic E-state index is 11.0. The van der Waals surface area contributed by atoms with Gasteiger partial charge in [-0.2, -0.15) is 0 Å². The van der Waals surface area contributed by atoms with Gasteiger partial charge in [-0.05, 0) is 31.6 Å². The molecule has 110 valence electrons. The molecular formula is C15H22N2O3. The van der Waals surface area contributed by atoms with Gasteiger partial charge < -0.3 is 10.1 Å². The molecule has 1 saturated carbocycles. The van der Waals surface area contributed by atoms with Crippen molar-refractivity contribution in [1.82, 2.24) is 0 Å². The topological polar surface area (TPSA) is 64.4 Å². The van der Waals surface area contributed by atoms with Gasteiger partial charge in [0.2, 0.25) is 0 Å². The summed E-state index contributed by atoms with van der Waals surface area (Å²) < 4.78 is 5.40. The minimum atomic E-state index is -0.383. The molecule has 1 aliphatic carbocycles. The summed E-state index contributed by atoms with van der Waals surface area (Å²) in [6, 6.07) is 5.25. The minimum absolute atomic E-state index is 0.0655. The van der Waals surface area contributed by atoms with Crippen molar-refractivity contribution < 1.29 is 9.66 Å². The number of nitrogens with zero attached hydrogens (tertiary/aromatic N) is 1. The van der Waals surface area contributed by atoms with Gasteiger partial charge in [0.15, 0.2) is 0 Å². The Morgan fingerprint density at radius 1 is 1.45 bits per heavy atom. The van der Waals surface area contributed by atoms with Gasteiger partial charge in [0.05, 0.1) is 17.6 Å². The summed E-state index contributed by atoms with van der Waals surface area (Å²) in [5.74, 6) is 0.543. The summed E-state index contributed by atoms with van der Waals surface area (Å²) in [6.07, 6.45) is 3.36. The molecular weight excluding hydrogens is 256 g/mol. The smallest absolute Gasteiger partial charge is 0.275 e. The van der Waals surface area contributed by atoms with E-state index in [1.807, 2.05) is 13.0 Å². The summed E-state index contributed by atoms with van der Waals surface area (Å²) in [7, 11) is 0. The molecule has 0 radical (unpaired) electrons. The van der Waals surface area contributed by atoms with Crippen molar-refractivity contribution in [3.63, 3.8) is 0 Å². The zero-order chi connectivity index (χ0) is 14.8. The molecule has 1 aromatic rings. The molecule has 0 amide bonds. The predicted molar refractivity (Wildman–Crippen MR) is 79.3 cm³/mol. The van der Waals surface area contributed by atoms with Crippen LogP contribution in [0.2, 0.25) is 0 Å². The molecule has 2 rings (SSSR count). The summed E-state index contributed by atoms with van der Waals surface area (Å²) in [5, 5.41) is 14.4. The van der Waals surface area contributed by atoms with Gasteiger partial charge in [0.25, 0.3) is 5.69 Å². The van der Waals surface area contributed by atoms with Gasteiger partial charge in [0.1, 0.15) is 5.75 Å². The molecule has 5 nitrogen and oxygen atoms in total. The van der Waals surface area contributed by atoms with Crippen LogP contribution in [0.4, 0.5) is 11.4 Å². The van der Waals surface area contributed by atoms with Crippen molar-refractivity contribution in [1.29, 1.82) is 0 Å². The highest BCUT2D eigenvalue weighted by atomic mass is 16.6. The van der Waals surface area contributed by atoms with E-state index in [4.69, 9.17) is 4.74 Å². The van der Waals surface area contributed by atoms with Gasteiger partial charge in [0, 0.05) is 23.9 Å². The van der Waals surface area contributed by atoms with E-state index >= 15 is 0 Å². The first-order valence-corrected chi connectivity index (χ1v) is 7.08. The molecule has 0 aliphatic heterocycles. The Hall–Kier alpha value is -1.78.